The number of phenols is 2. The minimum atomic E-state index is -1.00. The molecule has 1 aliphatic rings. The van der Waals surface area contributed by atoms with E-state index in [-0.39, 0.29) is 29.5 Å². The predicted molar refractivity (Wildman–Crippen MR) is 127 cm³/mol. The third-order valence-corrected chi connectivity index (χ3v) is 5.82. The van der Waals surface area contributed by atoms with Gasteiger partial charge in [-0.3, -0.25) is 14.4 Å². The third-order valence-electron chi connectivity index (χ3n) is 5.82. The van der Waals surface area contributed by atoms with Gasteiger partial charge in [-0.05, 0) is 50.1 Å². The van der Waals surface area contributed by atoms with Crippen molar-refractivity contribution in [3.05, 3.63) is 82.6 Å². The Morgan fingerprint density at radius 2 is 1.76 bits per heavy atom. The number of esters is 1. The molecule has 2 aromatic carbocycles. The van der Waals surface area contributed by atoms with Crippen LogP contribution in [0.1, 0.15) is 53.0 Å². The van der Waals surface area contributed by atoms with E-state index in [4.69, 9.17) is 4.74 Å². The summed E-state index contributed by atoms with van der Waals surface area (Å²) < 4.78 is 5.68. The second-order valence-electron chi connectivity index (χ2n) is 8.50. The number of fused-ring (bicyclic) bond motifs is 2. The van der Waals surface area contributed by atoms with Crippen molar-refractivity contribution < 1.29 is 29.3 Å². The minimum Gasteiger partial charge on any atom is -0.507 e. The Kier molecular flexibility index (Phi) is 6.36. The van der Waals surface area contributed by atoms with E-state index >= 15 is 0 Å². The third kappa shape index (κ3) is 4.50. The van der Waals surface area contributed by atoms with Gasteiger partial charge in [-0.15, -0.1) is 0 Å². The number of aromatic amines is 1. The molecule has 7 heteroatoms. The van der Waals surface area contributed by atoms with Gasteiger partial charge in [0.05, 0.1) is 11.1 Å². The quantitative estimate of drug-likeness (QED) is 0.266. The lowest BCUT2D eigenvalue weighted by atomic mass is 9.85. The molecule has 4 rings (SSSR count). The van der Waals surface area contributed by atoms with Crippen molar-refractivity contribution in [2.45, 2.75) is 39.2 Å². The van der Waals surface area contributed by atoms with Gasteiger partial charge in [0.1, 0.15) is 17.6 Å². The second kappa shape index (κ2) is 9.39. The van der Waals surface area contributed by atoms with E-state index in [1.807, 2.05) is 50.4 Å². The fourth-order valence-corrected chi connectivity index (χ4v) is 4.10. The van der Waals surface area contributed by atoms with Gasteiger partial charge in [-0.25, -0.2) is 0 Å². The largest absolute Gasteiger partial charge is 0.507 e. The van der Waals surface area contributed by atoms with Crippen LogP contribution in [0.5, 0.6) is 11.5 Å². The smallest absolute Gasteiger partial charge is 0.306 e. The zero-order valence-electron chi connectivity index (χ0n) is 18.9. The number of carbonyl (C=O) groups excluding carboxylic acids is 3. The van der Waals surface area contributed by atoms with Crippen LogP contribution in [-0.4, -0.2) is 38.8 Å². The van der Waals surface area contributed by atoms with Gasteiger partial charge < -0.3 is 19.9 Å². The molecule has 0 unspecified atom stereocenters. The fraction of sp³-hybridized carbons (Fsp3) is 0.222. The highest BCUT2D eigenvalue weighted by Crippen LogP contribution is 2.36. The van der Waals surface area contributed by atoms with E-state index in [1.165, 1.54) is 0 Å². The first-order valence-electron chi connectivity index (χ1n) is 11.0. The van der Waals surface area contributed by atoms with Crippen LogP contribution in [0.2, 0.25) is 0 Å². The number of ketones is 2. The van der Waals surface area contributed by atoms with Crippen molar-refractivity contribution in [3.63, 3.8) is 0 Å². The number of ether oxygens (including phenoxy) is 1. The Labute approximate surface area is 196 Å². The van der Waals surface area contributed by atoms with Crippen molar-refractivity contribution in [2.24, 2.45) is 0 Å². The number of carbonyl (C=O) groups is 3. The van der Waals surface area contributed by atoms with Gasteiger partial charge in [0, 0.05) is 35.5 Å². The standard InChI is InChI=1S/C27H25NO6/c1-15(2)7-11-23(18-13-22(31)25-20(29)9-10-21(30)26(25)27(18)33)34-24(32)12-8-16-14-28-19-6-4-3-5-17(16)19/h3-7,9-10,13-14,23,28-30H,8,11-12H2,1-2H3/t23-/m1/s1. The number of H-pyrrole nitrogens is 1. The zero-order chi connectivity index (χ0) is 24.4. The Morgan fingerprint density at radius 1 is 1.06 bits per heavy atom. The van der Waals surface area contributed by atoms with E-state index in [9.17, 15) is 24.6 Å². The fourth-order valence-electron chi connectivity index (χ4n) is 4.10. The van der Waals surface area contributed by atoms with Crippen LogP contribution in [0.4, 0.5) is 0 Å². The molecular formula is C27H25NO6. The van der Waals surface area contributed by atoms with Gasteiger partial charge in [0.25, 0.3) is 0 Å². The molecule has 1 aliphatic carbocycles. The van der Waals surface area contributed by atoms with E-state index in [0.717, 1.165) is 40.2 Å². The summed E-state index contributed by atoms with van der Waals surface area (Å²) >= 11 is 0. The number of Topliss-reactive ketones (excluding diaryl/α,β-unsaturated/α-hetero) is 1. The first-order valence-corrected chi connectivity index (χ1v) is 11.0. The van der Waals surface area contributed by atoms with Gasteiger partial charge in [0.2, 0.25) is 0 Å². The van der Waals surface area contributed by atoms with Crippen molar-refractivity contribution >= 4 is 28.4 Å². The number of benzene rings is 2. The maximum absolute atomic E-state index is 13.2. The zero-order valence-corrected chi connectivity index (χ0v) is 18.9. The van der Waals surface area contributed by atoms with E-state index in [1.54, 1.807) is 0 Å². The lowest BCUT2D eigenvalue weighted by Crippen LogP contribution is -2.29. The summed E-state index contributed by atoms with van der Waals surface area (Å²) in [6.07, 6.45) is 4.48. The molecule has 0 radical (unpaired) electrons. The first kappa shape index (κ1) is 23.0. The summed E-state index contributed by atoms with van der Waals surface area (Å²) in [7, 11) is 0. The molecule has 0 spiro atoms. The number of allylic oxidation sites excluding steroid dienone is 2. The van der Waals surface area contributed by atoms with E-state index in [2.05, 4.69) is 4.98 Å². The number of aryl methyl sites for hydroxylation is 1. The van der Waals surface area contributed by atoms with Crippen LogP contribution < -0.4 is 0 Å². The highest BCUT2D eigenvalue weighted by molar-refractivity contribution is 6.27. The maximum atomic E-state index is 13.2. The molecule has 0 saturated carbocycles. The second-order valence-corrected chi connectivity index (χ2v) is 8.50. The highest BCUT2D eigenvalue weighted by atomic mass is 16.5. The predicted octanol–water partition coefficient (Wildman–Crippen LogP) is 4.79. The van der Waals surface area contributed by atoms with Crippen LogP contribution in [-0.2, 0) is 16.0 Å². The topological polar surface area (TPSA) is 117 Å². The lowest BCUT2D eigenvalue weighted by Gasteiger charge is -2.23. The number of nitrogens with one attached hydrogen (secondary N) is 1. The Bertz CT molecular complexity index is 1360. The van der Waals surface area contributed by atoms with Crippen LogP contribution in [0.3, 0.4) is 0 Å². The molecule has 0 amide bonds. The summed E-state index contributed by atoms with van der Waals surface area (Å²) in [5, 5.41) is 21.3. The molecule has 0 fully saturated rings. The minimum absolute atomic E-state index is 0.0312. The molecule has 34 heavy (non-hydrogen) atoms. The molecule has 1 aromatic heterocycles. The van der Waals surface area contributed by atoms with Gasteiger partial charge in [0.15, 0.2) is 11.6 Å². The molecule has 3 aromatic rings. The Hall–Kier alpha value is -4.13. The van der Waals surface area contributed by atoms with Crippen molar-refractivity contribution in [3.8, 4) is 11.5 Å². The summed E-state index contributed by atoms with van der Waals surface area (Å²) in [6, 6.07) is 10.1. The molecule has 7 nitrogen and oxygen atoms in total. The lowest BCUT2D eigenvalue weighted by molar-refractivity contribution is -0.147. The summed E-state index contributed by atoms with van der Waals surface area (Å²) in [6.45, 7) is 3.74. The molecule has 1 heterocycles. The number of para-hydroxylation sites is 1. The van der Waals surface area contributed by atoms with Gasteiger partial charge in [-0.1, -0.05) is 29.8 Å². The Morgan fingerprint density at radius 3 is 2.50 bits per heavy atom. The average molecular weight is 459 g/mol. The molecule has 3 N–H and O–H groups in total. The number of rotatable bonds is 7. The number of aromatic hydroxyl groups is 2. The summed E-state index contributed by atoms with van der Waals surface area (Å²) in [4.78, 5) is 41.8. The first-order chi connectivity index (χ1) is 16.3. The van der Waals surface area contributed by atoms with Crippen LogP contribution in [0.25, 0.3) is 10.9 Å². The molecule has 1 atom stereocenters. The molecule has 174 valence electrons. The van der Waals surface area contributed by atoms with E-state index in [0.29, 0.717) is 6.42 Å². The van der Waals surface area contributed by atoms with Gasteiger partial charge in [-0.2, -0.15) is 0 Å². The van der Waals surface area contributed by atoms with Crippen molar-refractivity contribution in [1.29, 1.82) is 0 Å². The SMILES string of the molecule is CC(C)=CC[C@@H](OC(=O)CCc1c[nH]c2ccccc12)C1=CC(=O)c2c(O)ccc(O)c2C1=O. The number of aromatic nitrogens is 1. The summed E-state index contributed by atoms with van der Waals surface area (Å²) in [5.74, 6) is -2.60. The molecule has 0 bridgehead atoms. The number of hydrogen-bond donors (Lipinski definition) is 3. The van der Waals surface area contributed by atoms with Crippen LogP contribution >= 0.6 is 0 Å². The van der Waals surface area contributed by atoms with E-state index < -0.39 is 35.1 Å². The van der Waals surface area contributed by atoms with Crippen molar-refractivity contribution in [2.75, 3.05) is 0 Å². The monoisotopic (exact) mass is 459 g/mol. The normalized spacial score (nSPS) is 13.9. The van der Waals surface area contributed by atoms with Crippen LogP contribution in [0.15, 0.2) is 65.9 Å². The summed E-state index contributed by atoms with van der Waals surface area (Å²) in [5.41, 5.74) is 2.35. The van der Waals surface area contributed by atoms with Crippen LogP contribution in [0, 0.1) is 0 Å². The molecular weight excluding hydrogens is 434 g/mol. The van der Waals surface area contributed by atoms with Gasteiger partial charge >= 0.3 is 5.97 Å². The molecule has 0 saturated heterocycles. The number of phenolic OH excluding ortho intramolecular Hbond substituents is 2. The highest BCUT2D eigenvalue weighted by Gasteiger charge is 2.35. The van der Waals surface area contributed by atoms with Crippen molar-refractivity contribution in [1.82, 2.24) is 4.98 Å². The number of hydrogen-bond acceptors (Lipinski definition) is 6. The maximum Gasteiger partial charge on any atom is 0.306 e. The Balaban J connectivity index is 1.56. The molecule has 0 aliphatic heterocycles. The average Bonchev–Trinajstić information content (AvgIpc) is 3.22.